The minimum absolute atomic E-state index is 0.141. The Kier molecular flexibility index (Phi) is 6.03. The summed E-state index contributed by atoms with van der Waals surface area (Å²) >= 11 is 3.37. The summed E-state index contributed by atoms with van der Waals surface area (Å²) in [6.07, 6.45) is 1.66. The van der Waals surface area contributed by atoms with Crippen LogP contribution in [0.3, 0.4) is 0 Å². The lowest BCUT2D eigenvalue weighted by atomic mass is 10.3. The van der Waals surface area contributed by atoms with Gasteiger partial charge in [-0.2, -0.15) is 0 Å². The number of nitrogens with one attached hydrogen (secondary N) is 2. The SMILES string of the molecule is C=CCOc1ccccc1NC(=O)CNc1ccc(Br)cc1. The summed E-state index contributed by atoms with van der Waals surface area (Å²) in [7, 11) is 0. The molecule has 2 rings (SSSR count). The van der Waals surface area contributed by atoms with Crippen LogP contribution in [0, 0.1) is 0 Å². The molecule has 22 heavy (non-hydrogen) atoms. The van der Waals surface area contributed by atoms with Crippen LogP contribution in [0.1, 0.15) is 0 Å². The Morgan fingerprint density at radius 2 is 1.91 bits per heavy atom. The van der Waals surface area contributed by atoms with Crippen molar-refractivity contribution in [1.82, 2.24) is 0 Å². The first-order chi connectivity index (χ1) is 10.7. The van der Waals surface area contributed by atoms with E-state index in [1.165, 1.54) is 0 Å². The van der Waals surface area contributed by atoms with Crippen molar-refractivity contribution >= 4 is 33.2 Å². The van der Waals surface area contributed by atoms with Crippen molar-refractivity contribution in [2.45, 2.75) is 0 Å². The molecule has 0 bridgehead atoms. The Bertz CT molecular complexity index is 641. The minimum atomic E-state index is -0.141. The zero-order valence-electron chi connectivity index (χ0n) is 12.0. The van der Waals surface area contributed by atoms with E-state index < -0.39 is 0 Å². The topological polar surface area (TPSA) is 50.4 Å². The number of halogens is 1. The van der Waals surface area contributed by atoms with E-state index >= 15 is 0 Å². The smallest absolute Gasteiger partial charge is 0.243 e. The molecule has 4 nitrogen and oxygen atoms in total. The van der Waals surface area contributed by atoms with Gasteiger partial charge in [-0.3, -0.25) is 4.79 Å². The molecule has 0 saturated heterocycles. The lowest BCUT2D eigenvalue weighted by Crippen LogP contribution is -2.22. The third kappa shape index (κ3) is 4.93. The van der Waals surface area contributed by atoms with Crippen molar-refractivity contribution in [2.75, 3.05) is 23.8 Å². The average Bonchev–Trinajstić information content (AvgIpc) is 2.53. The zero-order valence-corrected chi connectivity index (χ0v) is 13.6. The van der Waals surface area contributed by atoms with Gasteiger partial charge in [-0.05, 0) is 36.4 Å². The summed E-state index contributed by atoms with van der Waals surface area (Å²) < 4.78 is 6.50. The number of para-hydroxylation sites is 2. The molecule has 0 saturated carbocycles. The standard InChI is InChI=1S/C17H17BrN2O2/c1-2-11-22-16-6-4-3-5-15(16)20-17(21)12-19-14-9-7-13(18)8-10-14/h2-10,19H,1,11-12H2,(H,20,21). The second-order valence-corrected chi connectivity index (χ2v) is 5.42. The number of benzene rings is 2. The summed E-state index contributed by atoms with van der Waals surface area (Å²) in [4.78, 5) is 12.0. The molecule has 0 aliphatic heterocycles. The first-order valence-corrected chi connectivity index (χ1v) is 7.60. The highest BCUT2D eigenvalue weighted by molar-refractivity contribution is 9.10. The number of carbonyl (C=O) groups is 1. The largest absolute Gasteiger partial charge is 0.487 e. The average molecular weight is 361 g/mol. The van der Waals surface area contributed by atoms with Crippen LogP contribution in [0.25, 0.3) is 0 Å². The molecule has 5 heteroatoms. The van der Waals surface area contributed by atoms with E-state index in [1.807, 2.05) is 36.4 Å². The van der Waals surface area contributed by atoms with Gasteiger partial charge in [-0.25, -0.2) is 0 Å². The number of rotatable bonds is 7. The highest BCUT2D eigenvalue weighted by atomic mass is 79.9. The fraction of sp³-hybridized carbons (Fsp3) is 0.118. The quantitative estimate of drug-likeness (QED) is 0.731. The summed E-state index contributed by atoms with van der Waals surface area (Å²) in [5.74, 6) is 0.483. The molecule has 0 heterocycles. The molecule has 114 valence electrons. The van der Waals surface area contributed by atoms with Gasteiger partial charge >= 0.3 is 0 Å². The van der Waals surface area contributed by atoms with Gasteiger partial charge in [-0.1, -0.05) is 40.7 Å². The second-order valence-electron chi connectivity index (χ2n) is 4.50. The summed E-state index contributed by atoms with van der Waals surface area (Å²) in [5, 5.41) is 5.90. The second kappa shape index (κ2) is 8.24. The summed E-state index contributed by atoms with van der Waals surface area (Å²) in [6, 6.07) is 14.9. The van der Waals surface area contributed by atoms with E-state index in [-0.39, 0.29) is 12.5 Å². The van der Waals surface area contributed by atoms with Crippen LogP contribution in [0.5, 0.6) is 5.75 Å². The van der Waals surface area contributed by atoms with Crippen molar-refractivity contribution in [3.05, 3.63) is 65.7 Å². The van der Waals surface area contributed by atoms with Crippen molar-refractivity contribution in [3.63, 3.8) is 0 Å². The van der Waals surface area contributed by atoms with E-state index in [9.17, 15) is 4.79 Å². The van der Waals surface area contributed by atoms with E-state index in [1.54, 1.807) is 18.2 Å². The molecule has 1 amide bonds. The number of amides is 1. The van der Waals surface area contributed by atoms with Gasteiger partial charge in [0.2, 0.25) is 5.91 Å². The van der Waals surface area contributed by atoms with E-state index in [4.69, 9.17) is 4.74 Å². The predicted molar refractivity (Wildman–Crippen MR) is 93.4 cm³/mol. The van der Waals surface area contributed by atoms with Gasteiger partial charge in [0, 0.05) is 10.2 Å². The molecule has 0 spiro atoms. The van der Waals surface area contributed by atoms with E-state index in [2.05, 4.69) is 33.1 Å². The fourth-order valence-electron chi connectivity index (χ4n) is 1.79. The van der Waals surface area contributed by atoms with Gasteiger partial charge in [-0.15, -0.1) is 0 Å². The van der Waals surface area contributed by atoms with Crippen LogP contribution in [0.15, 0.2) is 65.7 Å². The van der Waals surface area contributed by atoms with E-state index in [0.29, 0.717) is 18.0 Å². The molecule has 0 aliphatic rings. The highest BCUT2D eigenvalue weighted by Gasteiger charge is 2.07. The zero-order chi connectivity index (χ0) is 15.8. The first-order valence-electron chi connectivity index (χ1n) is 6.81. The Balaban J connectivity index is 1.91. The monoisotopic (exact) mass is 360 g/mol. The lowest BCUT2D eigenvalue weighted by Gasteiger charge is -2.12. The Labute approximate surface area is 138 Å². The highest BCUT2D eigenvalue weighted by Crippen LogP contribution is 2.23. The molecule has 0 radical (unpaired) electrons. The summed E-state index contributed by atoms with van der Waals surface area (Å²) in [6.45, 7) is 4.18. The predicted octanol–water partition coefficient (Wildman–Crippen LogP) is 4.06. The molecule has 0 aliphatic carbocycles. The normalized spacial score (nSPS) is 9.86. The Morgan fingerprint density at radius 3 is 2.64 bits per heavy atom. The van der Waals surface area contributed by atoms with Crippen LogP contribution in [-0.4, -0.2) is 19.1 Å². The fourth-order valence-corrected chi connectivity index (χ4v) is 2.05. The van der Waals surface area contributed by atoms with E-state index in [0.717, 1.165) is 10.2 Å². The molecule has 0 unspecified atom stereocenters. The molecular formula is C17H17BrN2O2. The molecule has 2 N–H and O–H groups in total. The number of hydrogen-bond donors (Lipinski definition) is 2. The maximum Gasteiger partial charge on any atom is 0.243 e. The maximum absolute atomic E-state index is 12.0. The Hall–Kier alpha value is -2.27. The summed E-state index contributed by atoms with van der Waals surface area (Å²) in [5.41, 5.74) is 1.53. The third-order valence-electron chi connectivity index (χ3n) is 2.82. The lowest BCUT2D eigenvalue weighted by molar-refractivity contribution is -0.114. The minimum Gasteiger partial charge on any atom is -0.487 e. The van der Waals surface area contributed by atoms with Crippen molar-refractivity contribution in [1.29, 1.82) is 0 Å². The maximum atomic E-state index is 12.0. The van der Waals surface area contributed by atoms with Crippen LogP contribution >= 0.6 is 15.9 Å². The van der Waals surface area contributed by atoms with Crippen LogP contribution in [-0.2, 0) is 4.79 Å². The third-order valence-corrected chi connectivity index (χ3v) is 3.34. The van der Waals surface area contributed by atoms with Gasteiger partial charge < -0.3 is 15.4 Å². The van der Waals surface area contributed by atoms with Crippen LogP contribution in [0.4, 0.5) is 11.4 Å². The number of hydrogen-bond acceptors (Lipinski definition) is 3. The molecular weight excluding hydrogens is 344 g/mol. The van der Waals surface area contributed by atoms with Gasteiger partial charge in [0.15, 0.2) is 0 Å². The molecule has 0 fully saturated rings. The van der Waals surface area contributed by atoms with Gasteiger partial charge in [0.05, 0.1) is 12.2 Å². The molecule has 2 aromatic rings. The number of ether oxygens (including phenoxy) is 1. The van der Waals surface area contributed by atoms with Crippen LogP contribution in [0.2, 0.25) is 0 Å². The number of carbonyl (C=O) groups excluding carboxylic acids is 1. The molecule has 0 atom stereocenters. The van der Waals surface area contributed by atoms with Crippen LogP contribution < -0.4 is 15.4 Å². The Morgan fingerprint density at radius 1 is 1.18 bits per heavy atom. The van der Waals surface area contributed by atoms with Crippen molar-refractivity contribution in [2.24, 2.45) is 0 Å². The molecule has 2 aromatic carbocycles. The number of anilines is 2. The van der Waals surface area contributed by atoms with Crippen molar-refractivity contribution in [3.8, 4) is 5.75 Å². The van der Waals surface area contributed by atoms with Gasteiger partial charge in [0.25, 0.3) is 0 Å². The van der Waals surface area contributed by atoms with Crippen molar-refractivity contribution < 1.29 is 9.53 Å². The first kappa shape index (κ1) is 16.1. The van der Waals surface area contributed by atoms with Gasteiger partial charge in [0.1, 0.15) is 12.4 Å². The molecule has 0 aromatic heterocycles.